The van der Waals surface area contributed by atoms with Crippen LogP contribution in [0.3, 0.4) is 0 Å². The predicted molar refractivity (Wildman–Crippen MR) is 156 cm³/mol. The number of benzene rings is 3. The highest BCUT2D eigenvalue weighted by atomic mass is 32.2. The number of ether oxygens (including phenoxy) is 2. The molecule has 0 amide bonds. The molecular formula is C31H31N3O5S. The van der Waals surface area contributed by atoms with Crippen LogP contribution in [-0.4, -0.2) is 54.4 Å². The molecule has 1 aromatic heterocycles. The molecule has 0 radical (unpaired) electrons. The number of fused-ring (bicyclic) bond motifs is 2. The highest BCUT2D eigenvalue weighted by Gasteiger charge is 2.54. The molecule has 0 aliphatic carbocycles. The number of methoxy groups -OCH3 is 1. The Kier molecular flexibility index (Phi) is 6.64. The number of anilines is 1. The monoisotopic (exact) mass is 557 g/mol. The standard InChI is InChI=1S/C31H31N3O5S/c1-4-34(24-11-15-26(38-3)16-12-24)40(36,37)28-17-27-29(21-9-13-25(35)14-10-21)30(31(28)39-27)22-7-5-20(6-8-22)23-18-32-33(2)19-23/h5-16,18-19,27-28,31,35H,4,17H2,1-3H3. The molecule has 1 fully saturated rings. The number of aromatic nitrogens is 2. The molecule has 3 atom stereocenters. The number of phenolic OH excluding ortho intramolecular Hbond substituents is 1. The molecular weight excluding hydrogens is 526 g/mol. The Labute approximate surface area is 234 Å². The van der Waals surface area contributed by atoms with Crippen LogP contribution in [0.15, 0.2) is 85.2 Å². The van der Waals surface area contributed by atoms with Gasteiger partial charge in [-0.25, -0.2) is 8.42 Å². The van der Waals surface area contributed by atoms with Crippen molar-refractivity contribution >= 4 is 26.9 Å². The van der Waals surface area contributed by atoms with Gasteiger partial charge >= 0.3 is 0 Å². The summed E-state index contributed by atoms with van der Waals surface area (Å²) in [5, 5.41) is 13.4. The van der Waals surface area contributed by atoms with E-state index in [0.29, 0.717) is 24.4 Å². The summed E-state index contributed by atoms with van der Waals surface area (Å²) >= 11 is 0. The van der Waals surface area contributed by atoms with Crippen LogP contribution < -0.4 is 9.04 Å². The second-order valence-electron chi connectivity index (χ2n) is 10.1. The first-order valence-corrected chi connectivity index (χ1v) is 14.7. The topological polar surface area (TPSA) is 93.9 Å². The molecule has 6 rings (SSSR count). The predicted octanol–water partition coefficient (Wildman–Crippen LogP) is 5.11. The average molecular weight is 558 g/mol. The number of aromatic hydroxyl groups is 1. The van der Waals surface area contributed by atoms with Crippen LogP contribution in [-0.2, 0) is 21.8 Å². The quantitative estimate of drug-likeness (QED) is 0.324. The van der Waals surface area contributed by atoms with Crippen LogP contribution in [0, 0.1) is 0 Å². The number of hydrogen-bond donors (Lipinski definition) is 1. The van der Waals surface area contributed by atoms with Crippen molar-refractivity contribution in [1.82, 2.24) is 9.78 Å². The summed E-state index contributed by atoms with van der Waals surface area (Å²) in [6.07, 6.45) is 3.12. The van der Waals surface area contributed by atoms with Gasteiger partial charge in [0.25, 0.3) is 0 Å². The zero-order chi connectivity index (χ0) is 28.0. The fraction of sp³-hybridized carbons (Fsp3) is 0.258. The van der Waals surface area contributed by atoms with Crippen molar-refractivity contribution in [2.45, 2.75) is 30.8 Å². The minimum atomic E-state index is -3.77. The van der Waals surface area contributed by atoms with E-state index in [1.54, 1.807) is 48.2 Å². The van der Waals surface area contributed by atoms with Crippen molar-refractivity contribution in [2.75, 3.05) is 18.0 Å². The van der Waals surface area contributed by atoms with Crippen molar-refractivity contribution in [3.63, 3.8) is 0 Å². The molecule has 2 aliphatic heterocycles. The molecule has 1 saturated heterocycles. The second-order valence-corrected chi connectivity index (χ2v) is 12.2. The van der Waals surface area contributed by atoms with E-state index in [2.05, 4.69) is 5.10 Å². The molecule has 2 bridgehead atoms. The number of phenols is 1. The highest BCUT2D eigenvalue weighted by Crippen LogP contribution is 2.51. The number of rotatable bonds is 8. The summed E-state index contributed by atoms with van der Waals surface area (Å²) in [7, 11) is -0.311. The Balaban J connectivity index is 1.41. The van der Waals surface area contributed by atoms with E-state index >= 15 is 0 Å². The largest absolute Gasteiger partial charge is 0.508 e. The number of nitrogens with zero attached hydrogens (tertiary/aromatic N) is 3. The smallest absolute Gasteiger partial charge is 0.241 e. The summed E-state index contributed by atoms with van der Waals surface area (Å²) in [6.45, 7) is 2.14. The SMILES string of the molecule is CCN(c1ccc(OC)cc1)S(=O)(=O)C1CC2OC1C(c1ccc(-c3cnn(C)c3)cc1)=C2c1ccc(O)cc1. The van der Waals surface area contributed by atoms with Gasteiger partial charge in [0.1, 0.15) is 22.9 Å². The summed E-state index contributed by atoms with van der Waals surface area (Å²) in [5.41, 5.74) is 6.29. The lowest BCUT2D eigenvalue weighted by Crippen LogP contribution is -2.43. The Bertz CT molecular complexity index is 1660. The van der Waals surface area contributed by atoms with E-state index in [1.807, 2.05) is 62.8 Å². The molecule has 40 heavy (non-hydrogen) atoms. The van der Waals surface area contributed by atoms with Crippen molar-refractivity contribution in [3.8, 4) is 22.6 Å². The third kappa shape index (κ3) is 4.45. The molecule has 206 valence electrons. The van der Waals surface area contributed by atoms with Gasteiger partial charge in [-0.3, -0.25) is 8.99 Å². The first-order chi connectivity index (χ1) is 19.3. The van der Waals surface area contributed by atoms with E-state index in [1.165, 1.54) is 4.31 Å². The molecule has 3 aromatic carbocycles. The average Bonchev–Trinajstić information content (AvgIpc) is 3.69. The Morgan fingerprint density at radius 1 is 0.950 bits per heavy atom. The maximum absolute atomic E-state index is 14.2. The van der Waals surface area contributed by atoms with Gasteiger partial charge in [-0.15, -0.1) is 0 Å². The summed E-state index contributed by atoms with van der Waals surface area (Å²) < 4.78 is 43.3. The van der Waals surface area contributed by atoms with Gasteiger partial charge in [-0.2, -0.15) is 5.10 Å². The Morgan fingerprint density at radius 2 is 1.57 bits per heavy atom. The molecule has 3 heterocycles. The molecule has 9 heteroatoms. The number of hydrogen-bond acceptors (Lipinski definition) is 6. The number of sulfonamides is 1. The minimum absolute atomic E-state index is 0.175. The van der Waals surface area contributed by atoms with Crippen molar-refractivity contribution in [2.24, 2.45) is 7.05 Å². The number of aryl methyl sites for hydroxylation is 1. The van der Waals surface area contributed by atoms with Crippen LogP contribution >= 0.6 is 0 Å². The van der Waals surface area contributed by atoms with E-state index in [-0.39, 0.29) is 11.9 Å². The summed E-state index contributed by atoms with van der Waals surface area (Å²) in [4.78, 5) is 0. The van der Waals surface area contributed by atoms with Crippen molar-refractivity contribution < 1.29 is 23.0 Å². The van der Waals surface area contributed by atoms with Crippen LogP contribution in [0.4, 0.5) is 5.69 Å². The zero-order valence-corrected chi connectivity index (χ0v) is 23.4. The van der Waals surface area contributed by atoms with E-state index in [9.17, 15) is 13.5 Å². The molecule has 0 spiro atoms. The van der Waals surface area contributed by atoms with E-state index in [0.717, 1.165) is 33.4 Å². The summed E-state index contributed by atoms with van der Waals surface area (Å²) in [5.74, 6) is 0.841. The first-order valence-electron chi connectivity index (χ1n) is 13.2. The van der Waals surface area contributed by atoms with Gasteiger partial charge in [-0.1, -0.05) is 36.4 Å². The molecule has 3 unspecified atom stereocenters. The minimum Gasteiger partial charge on any atom is -0.508 e. The fourth-order valence-corrected chi connectivity index (χ4v) is 7.87. The molecule has 2 aliphatic rings. The molecule has 4 aromatic rings. The van der Waals surface area contributed by atoms with Crippen molar-refractivity contribution in [3.05, 3.63) is 96.3 Å². The van der Waals surface area contributed by atoms with Crippen LogP contribution in [0.2, 0.25) is 0 Å². The van der Waals surface area contributed by atoms with Gasteiger partial charge in [-0.05, 0) is 77.6 Å². The third-order valence-corrected chi connectivity index (χ3v) is 10.0. The van der Waals surface area contributed by atoms with Gasteiger partial charge in [0.15, 0.2) is 0 Å². The zero-order valence-electron chi connectivity index (χ0n) is 22.6. The second kappa shape index (κ2) is 10.1. The van der Waals surface area contributed by atoms with Crippen LogP contribution in [0.1, 0.15) is 24.5 Å². The van der Waals surface area contributed by atoms with Gasteiger partial charge in [0.05, 0.1) is 25.1 Å². The Hall–Kier alpha value is -4.08. The lowest BCUT2D eigenvalue weighted by atomic mass is 9.83. The normalized spacial score (nSPS) is 20.2. The van der Waals surface area contributed by atoms with Crippen LogP contribution in [0.5, 0.6) is 11.5 Å². The lowest BCUT2D eigenvalue weighted by molar-refractivity contribution is 0.128. The van der Waals surface area contributed by atoms with Gasteiger partial charge < -0.3 is 14.6 Å². The van der Waals surface area contributed by atoms with Gasteiger partial charge in [0, 0.05) is 25.4 Å². The third-order valence-electron chi connectivity index (χ3n) is 7.74. The van der Waals surface area contributed by atoms with Crippen molar-refractivity contribution in [1.29, 1.82) is 0 Å². The molecule has 8 nitrogen and oxygen atoms in total. The van der Waals surface area contributed by atoms with E-state index < -0.39 is 21.4 Å². The summed E-state index contributed by atoms with van der Waals surface area (Å²) in [6, 6.07) is 22.2. The maximum Gasteiger partial charge on any atom is 0.241 e. The molecule has 1 N–H and O–H groups in total. The fourth-order valence-electron chi connectivity index (χ4n) is 5.84. The highest BCUT2D eigenvalue weighted by molar-refractivity contribution is 7.93. The molecule has 0 saturated carbocycles. The van der Waals surface area contributed by atoms with Gasteiger partial charge in [0.2, 0.25) is 10.0 Å². The Morgan fingerprint density at radius 3 is 2.17 bits per heavy atom. The first kappa shape index (κ1) is 26.2. The lowest BCUT2D eigenvalue weighted by Gasteiger charge is -2.31. The van der Waals surface area contributed by atoms with Crippen LogP contribution in [0.25, 0.3) is 22.3 Å². The van der Waals surface area contributed by atoms with E-state index in [4.69, 9.17) is 9.47 Å². The maximum atomic E-state index is 14.2.